The number of ether oxygens (including phenoxy) is 2. The number of halogens is 1. The quantitative estimate of drug-likeness (QED) is 0.900. The zero-order chi connectivity index (χ0) is 10.6. The molecule has 0 saturated heterocycles. The molecular formula is C10H13BrO3. The van der Waals surface area contributed by atoms with E-state index in [1.807, 2.05) is 12.1 Å². The number of hydrogen-bond acceptors (Lipinski definition) is 3. The number of methoxy groups -OCH3 is 2. The van der Waals surface area contributed by atoms with Gasteiger partial charge in [-0.15, -0.1) is 0 Å². The van der Waals surface area contributed by atoms with Gasteiger partial charge in [0.05, 0.1) is 18.7 Å². The Kier molecular flexibility index (Phi) is 4.22. The Morgan fingerprint density at radius 1 is 1.29 bits per heavy atom. The summed E-state index contributed by atoms with van der Waals surface area (Å²) < 4.78 is 11.2. The van der Waals surface area contributed by atoms with Crippen molar-refractivity contribution in [3.63, 3.8) is 0 Å². The minimum Gasteiger partial charge on any atom is -0.493 e. The average molecular weight is 261 g/mol. The number of rotatable bonds is 4. The zero-order valence-corrected chi connectivity index (χ0v) is 9.80. The SMILES string of the molecule is COc1ccc(CCO)c(Br)c1OC. The largest absolute Gasteiger partial charge is 0.493 e. The molecule has 0 atom stereocenters. The minimum atomic E-state index is 0.119. The molecule has 0 aromatic heterocycles. The van der Waals surface area contributed by atoms with Crippen LogP contribution in [0.2, 0.25) is 0 Å². The van der Waals surface area contributed by atoms with Crippen molar-refractivity contribution in [2.75, 3.05) is 20.8 Å². The van der Waals surface area contributed by atoms with Gasteiger partial charge in [0.2, 0.25) is 0 Å². The fourth-order valence-corrected chi connectivity index (χ4v) is 1.93. The summed E-state index contributed by atoms with van der Waals surface area (Å²) in [6.07, 6.45) is 0.598. The van der Waals surface area contributed by atoms with E-state index in [9.17, 15) is 0 Å². The maximum atomic E-state index is 8.84. The third-order valence-electron chi connectivity index (χ3n) is 1.95. The summed E-state index contributed by atoms with van der Waals surface area (Å²) in [7, 11) is 3.18. The highest BCUT2D eigenvalue weighted by molar-refractivity contribution is 9.10. The lowest BCUT2D eigenvalue weighted by molar-refractivity contribution is 0.298. The summed E-state index contributed by atoms with van der Waals surface area (Å²) in [4.78, 5) is 0. The molecule has 0 bridgehead atoms. The van der Waals surface area contributed by atoms with Crippen LogP contribution in [-0.4, -0.2) is 25.9 Å². The van der Waals surface area contributed by atoms with Crippen LogP contribution < -0.4 is 9.47 Å². The molecule has 0 aliphatic rings. The van der Waals surface area contributed by atoms with Gasteiger partial charge in [-0.2, -0.15) is 0 Å². The van der Waals surface area contributed by atoms with Crippen LogP contribution in [0.4, 0.5) is 0 Å². The maximum absolute atomic E-state index is 8.84. The molecular weight excluding hydrogens is 248 g/mol. The number of hydrogen-bond donors (Lipinski definition) is 1. The molecule has 0 spiro atoms. The van der Waals surface area contributed by atoms with Gasteiger partial charge in [-0.3, -0.25) is 0 Å². The van der Waals surface area contributed by atoms with E-state index in [0.29, 0.717) is 17.9 Å². The topological polar surface area (TPSA) is 38.7 Å². The fourth-order valence-electron chi connectivity index (χ4n) is 1.24. The smallest absolute Gasteiger partial charge is 0.175 e. The van der Waals surface area contributed by atoms with Crippen molar-refractivity contribution in [1.29, 1.82) is 0 Å². The predicted octanol–water partition coefficient (Wildman–Crippen LogP) is 2.00. The van der Waals surface area contributed by atoms with Gasteiger partial charge in [0.15, 0.2) is 11.5 Å². The summed E-state index contributed by atoms with van der Waals surface area (Å²) in [5.74, 6) is 1.35. The van der Waals surface area contributed by atoms with E-state index < -0.39 is 0 Å². The van der Waals surface area contributed by atoms with Crippen molar-refractivity contribution in [2.24, 2.45) is 0 Å². The van der Waals surface area contributed by atoms with E-state index in [-0.39, 0.29) is 6.61 Å². The van der Waals surface area contributed by atoms with Gasteiger partial charge in [-0.25, -0.2) is 0 Å². The molecule has 0 aliphatic carbocycles. The van der Waals surface area contributed by atoms with Crippen molar-refractivity contribution in [3.05, 3.63) is 22.2 Å². The van der Waals surface area contributed by atoms with Crippen LogP contribution >= 0.6 is 15.9 Å². The minimum absolute atomic E-state index is 0.119. The van der Waals surface area contributed by atoms with E-state index in [4.69, 9.17) is 14.6 Å². The lowest BCUT2D eigenvalue weighted by Crippen LogP contribution is -1.97. The molecule has 1 aromatic rings. The molecule has 0 aliphatic heterocycles. The van der Waals surface area contributed by atoms with Crippen molar-refractivity contribution < 1.29 is 14.6 Å². The van der Waals surface area contributed by atoms with E-state index in [1.165, 1.54) is 0 Å². The second-order valence-electron chi connectivity index (χ2n) is 2.75. The van der Waals surface area contributed by atoms with E-state index in [0.717, 1.165) is 10.0 Å². The summed E-state index contributed by atoms with van der Waals surface area (Å²) in [6.45, 7) is 0.119. The Balaban J connectivity index is 3.13. The first-order chi connectivity index (χ1) is 6.74. The van der Waals surface area contributed by atoms with E-state index in [1.54, 1.807) is 14.2 Å². The van der Waals surface area contributed by atoms with E-state index >= 15 is 0 Å². The van der Waals surface area contributed by atoms with Crippen LogP contribution in [0.15, 0.2) is 16.6 Å². The Morgan fingerprint density at radius 2 is 2.00 bits per heavy atom. The molecule has 78 valence electrons. The summed E-state index contributed by atoms with van der Waals surface area (Å²) in [6, 6.07) is 3.73. The van der Waals surface area contributed by atoms with Crippen LogP contribution in [-0.2, 0) is 6.42 Å². The van der Waals surface area contributed by atoms with E-state index in [2.05, 4.69) is 15.9 Å². The van der Waals surface area contributed by atoms with Gasteiger partial charge >= 0.3 is 0 Å². The molecule has 4 heteroatoms. The molecule has 1 rings (SSSR count). The molecule has 14 heavy (non-hydrogen) atoms. The Morgan fingerprint density at radius 3 is 2.50 bits per heavy atom. The first-order valence-corrected chi connectivity index (χ1v) is 5.04. The number of benzene rings is 1. The highest BCUT2D eigenvalue weighted by Gasteiger charge is 2.11. The molecule has 0 radical (unpaired) electrons. The van der Waals surface area contributed by atoms with Gasteiger partial charge < -0.3 is 14.6 Å². The lowest BCUT2D eigenvalue weighted by atomic mass is 10.1. The highest BCUT2D eigenvalue weighted by atomic mass is 79.9. The van der Waals surface area contributed by atoms with Crippen LogP contribution in [0.25, 0.3) is 0 Å². The predicted molar refractivity (Wildman–Crippen MR) is 58.0 cm³/mol. The number of aliphatic hydroxyl groups is 1. The highest BCUT2D eigenvalue weighted by Crippen LogP contribution is 2.37. The van der Waals surface area contributed by atoms with Gasteiger partial charge in [0, 0.05) is 6.61 Å². The first-order valence-electron chi connectivity index (χ1n) is 4.24. The van der Waals surface area contributed by atoms with Crippen molar-refractivity contribution in [1.82, 2.24) is 0 Å². The molecule has 0 unspecified atom stereocenters. The van der Waals surface area contributed by atoms with Crippen LogP contribution in [0, 0.1) is 0 Å². The van der Waals surface area contributed by atoms with Gasteiger partial charge in [-0.1, -0.05) is 6.07 Å². The Bertz CT molecular complexity index is 312. The number of aliphatic hydroxyl groups excluding tert-OH is 1. The standard InChI is InChI=1S/C10H13BrO3/c1-13-8-4-3-7(5-6-12)9(11)10(8)14-2/h3-4,12H,5-6H2,1-2H3. The fraction of sp³-hybridized carbons (Fsp3) is 0.400. The average Bonchev–Trinajstić information content (AvgIpc) is 2.21. The van der Waals surface area contributed by atoms with Gasteiger partial charge in [0.25, 0.3) is 0 Å². The molecule has 0 heterocycles. The Hall–Kier alpha value is -0.740. The summed E-state index contributed by atoms with van der Waals surface area (Å²) in [5.41, 5.74) is 1.00. The lowest BCUT2D eigenvalue weighted by Gasteiger charge is -2.12. The normalized spacial score (nSPS) is 10.0. The molecule has 0 fully saturated rings. The van der Waals surface area contributed by atoms with Crippen LogP contribution in [0.1, 0.15) is 5.56 Å². The second kappa shape index (κ2) is 5.22. The first kappa shape index (κ1) is 11.3. The zero-order valence-electron chi connectivity index (χ0n) is 8.21. The third-order valence-corrected chi connectivity index (χ3v) is 2.82. The van der Waals surface area contributed by atoms with Crippen LogP contribution in [0.5, 0.6) is 11.5 Å². The van der Waals surface area contributed by atoms with Crippen LogP contribution in [0.3, 0.4) is 0 Å². The van der Waals surface area contributed by atoms with Crippen molar-refractivity contribution in [2.45, 2.75) is 6.42 Å². The summed E-state index contributed by atoms with van der Waals surface area (Å²) >= 11 is 3.42. The maximum Gasteiger partial charge on any atom is 0.175 e. The molecule has 1 aromatic carbocycles. The van der Waals surface area contributed by atoms with Gasteiger partial charge in [-0.05, 0) is 34.0 Å². The molecule has 0 amide bonds. The molecule has 1 N–H and O–H groups in total. The molecule has 3 nitrogen and oxygen atoms in total. The Labute approximate surface area is 91.8 Å². The second-order valence-corrected chi connectivity index (χ2v) is 3.54. The monoisotopic (exact) mass is 260 g/mol. The molecule has 0 saturated carbocycles. The van der Waals surface area contributed by atoms with Crippen molar-refractivity contribution in [3.8, 4) is 11.5 Å². The third kappa shape index (κ3) is 2.19. The van der Waals surface area contributed by atoms with Gasteiger partial charge in [0.1, 0.15) is 0 Å². The van der Waals surface area contributed by atoms with Crippen molar-refractivity contribution >= 4 is 15.9 Å². The summed E-state index contributed by atoms with van der Waals surface area (Å²) in [5, 5.41) is 8.84.